The van der Waals surface area contributed by atoms with Crippen LogP contribution in [0.3, 0.4) is 0 Å². The summed E-state index contributed by atoms with van der Waals surface area (Å²) in [6.07, 6.45) is 1.72. The summed E-state index contributed by atoms with van der Waals surface area (Å²) in [4.78, 5) is 19.2. The van der Waals surface area contributed by atoms with Crippen LogP contribution in [0.15, 0.2) is 36.5 Å². The number of hydrogen-bond acceptors (Lipinski definition) is 6. The zero-order chi connectivity index (χ0) is 17.6. The third-order valence-corrected chi connectivity index (χ3v) is 3.99. The van der Waals surface area contributed by atoms with Gasteiger partial charge in [0.05, 0.1) is 33.1 Å². The molecule has 1 N–H and O–H groups in total. The summed E-state index contributed by atoms with van der Waals surface area (Å²) in [6, 6.07) is 8.70. The Morgan fingerprint density at radius 3 is 2.64 bits per heavy atom. The zero-order valence-corrected chi connectivity index (χ0v) is 14.3. The van der Waals surface area contributed by atoms with Crippen molar-refractivity contribution < 1.29 is 19.0 Å². The average Bonchev–Trinajstić information content (AvgIpc) is 2.68. The maximum atomic E-state index is 12.6. The molecule has 0 saturated carbocycles. The van der Waals surface area contributed by atoms with Crippen molar-refractivity contribution in [1.82, 2.24) is 4.98 Å². The molecule has 0 spiro atoms. The van der Waals surface area contributed by atoms with Crippen molar-refractivity contribution in [2.24, 2.45) is 0 Å². The standard InChI is InChI=1S/C18H21N3O4/c1-23-15-6-5-13(12-16(15)24-2)18(22)20-14-4-3-7-19-17(14)21-8-10-25-11-9-21/h3-7,12H,8-11H2,1-2H3,(H,20,22). The third kappa shape index (κ3) is 3.83. The van der Waals surface area contributed by atoms with Crippen molar-refractivity contribution in [2.45, 2.75) is 0 Å². The summed E-state index contributed by atoms with van der Waals surface area (Å²) in [7, 11) is 3.10. The molecule has 132 valence electrons. The van der Waals surface area contributed by atoms with Gasteiger partial charge in [-0.1, -0.05) is 0 Å². The minimum Gasteiger partial charge on any atom is -0.493 e. The highest BCUT2D eigenvalue weighted by Gasteiger charge is 2.18. The Labute approximate surface area is 146 Å². The van der Waals surface area contributed by atoms with Crippen LogP contribution in [0.2, 0.25) is 0 Å². The maximum Gasteiger partial charge on any atom is 0.255 e. The molecule has 1 saturated heterocycles. The van der Waals surface area contributed by atoms with Gasteiger partial charge in [-0.05, 0) is 30.3 Å². The number of amides is 1. The predicted octanol–water partition coefficient (Wildman–Crippen LogP) is 2.19. The van der Waals surface area contributed by atoms with Crippen molar-refractivity contribution in [3.05, 3.63) is 42.1 Å². The Balaban J connectivity index is 1.81. The number of hydrogen-bond donors (Lipinski definition) is 1. The Bertz CT molecular complexity index is 745. The van der Waals surface area contributed by atoms with Gasteiger partial charge in [-0.2, -0.15) is 0 Å². The molecule has 0 unspecified atom stereocenters. The summed E-state index contributed by atoms with van der Waals surface area (Å²) in [6.45, 7) is 2.80. The highest BCUT2D eigenvalue weighted by atomic mass is 16.5. The van der Waals surface area contributed by atoms with E-state index in [-0.39, 0.29) is 5.91 Å². The number of carbonyl (C=O) groups excluding carboxylic acids is 1. The number of ether oxygens (including phenoxy) is 3. The molecule has 25 heavy (non-hydrogen) atoms. The molecule has 1 aliphatic rings. The number of nitrogens with one attached hydrogen (secondary N) is 1. The number of morpholine rings is 1. The van der Waals surface area contributed by atoms with E-state index in [9.17, 15) is 4.79 Å². The first kappa shape index (κ1) is 17.0. The molecule has 0 atom stereocenters. The van der Waals surface area contributed by atoms with E-state index in [1.807, 2.05) is 6.07 Å². The van der Waals surface area contributed by atoms with Gasteiger partial charge in [0, 0.05) is 24.8 Å². The zero-order valence-electron chi connectivity index (χ0n) is 14.3. The van der Waals surface area contributed by atoms with E-state index in [2.05, 4.69) is 15.2 Å². The van der Waals surface area contributed by atoms with Crippen molar-refractivity contribution in [1.29, 1.82) is 0 Å². The molecule has 1 aliphatic heterocycles. The van der Waals surface area contributed by atoms with E-state index in [4.69, 9.17) is 14.2 Å². The van der Waals surface area contributed by atoms with Gasteiger partial charge in [0.15, 0.2) is 17.3 Å². The lowest BCUT2D eigenvalue weighted by Gasteiger charge is -2.29. The lowest BCUT2D eigenvalue weighted by Crippen LogP contribution is -2.37. The van der Waals surface area contributed by atoms with Crippen LogP contribution in [0, 0.1) is 0 Å². The fourth-order valence-corrected chi connectivity index (χ4v) is 2.69. The Hall–Kier alpha value is -2.80. The van der Waals surface area contributed by atoms with Gasteiger partial charge in [-0.3, -0.25) is 4.79 Å². The fraction of sp³-hybridized carbons (Fsp3) is 0.333. The number of anilines is 2. The summed E-state index contributed by atoms with van der Waals surface area (Å²) >= 11 is 0. The molecular weight excluding hydrogens is 322 g/mol. The second-order valence-corrected chi connectivity index (χ2v) is 5.50. The van der Waals surface area contributed by atoms with E-state index in [1.165, 1.54) is 7.11 Å². The van der Waals surface area contributed by atoms with Crippen molar-refractivity contribution in [3.8, 4) is 11.5 Å². The van der Waals surface area contributed by atoms with Crippen LogP contribution in [0.25, 0.3) is 0 Å². The highest BCUT2D eigenvalue weighted by molar-refractivity contribution is 6.06. The minimum atomic E-state index is -0.233. The number of carbonyl (C=O) groups is 1. The first-order valence-corrected chi connectivity index (χ1v) is 8.04. The van der Waals surface area contributed by atoms with Crippen LogP contribution in [-0.2, 0) is 4.74 Å². The van der Waals surface area contributed by atoms with Gasteiger partial charge < -0.3 is 24.4 Å². The number of aromatic nitrogens is 1. The van der Waals surface area contributed by atoms with Crippen molar-refractivity contribution in [3.63, 3.8) is 0 Å². The highest BCUT2D eigenvalue weighted by Crippen LogP contribution is 2.29. The maximum absolute atomic E-state index is 12.6. The van der Waals surface area contributed by atoms with Gasteiger partial charge in [-0.15, -0.1) is 0 Å². The van der Waals surface area contributed by atoms with Crippen LogP contribution in [0.4, 0.5) is 11.5 Å². The fourth-order valence-electron chi connectivity index (χ4n) is 2.69. The van der Waals surface area contributed by atoms with Gasteiger partial charge in [-0.25, -0.2) is 4.98 Å². The van der Waals surface area contributed by atoms with E-state index < -0.39 is 0 Å². The molecule has 1 aromatic heterocycles. The molecule has 2 heterocycles. The first-order valence-electron chi connectivity index (χ1n) is 8.04. The lowest BCUT2D eigenvalue weighted by atomic mass is 10.2. The molecule has 1 aromatic carbocycles. The summed E-state index contributed by atoms with van der Waals surface area (Å²) in [5.41, 5.74) is 1.15. The van der Waals surface area contributed by atoms with Crippen molar-refractivity contribution >= 4 is 17.4 Å². The third-order valence-electron chi connectivity index (χ3n) is 3.99. The normalized spacial score (nSPS) is 14.1. The van der Waals surface area contributed by atoms with E-state index in [1.54, 1.807) is 37.6 Å². The second-order valence-electron chi connectivity index (χ2n) is 5.50. The molecule has 7 heteroatoms. The molecule has 1 amide bonds. The van der Waals surface area contributed by atoms with Crippen LogP contribution in [-0.4, -0.2) is 51.4 Å². The van der Waals surface area contributed by atoms with Gasteiger partial charge in [0.25, 0.3) is 5.91 Å². The van der Waals surface area contributed by atoms with Gasteiger partial charge in [0.2, 0.25) is 0 Å². The lowest BCUT2D eigenvalue weighted by molar-refractivity contribution is 0.102. The van der Waals surface area contributed by atoms with E-state index in [0.717, 1.165) is 18.9 Å². The summed E-state index contributed by atoms with van der Waals surface area (Å²) < 4.78 is 15.8. The van der Waals surface area contributed by atoms with Gasteiger partial charge >= 0.3 is 0 Å². The Morgan fingerprint density at radius 2 is 1.92 bits per heavy atom. The predicted molar refractivity (Wildman–Crippen MR) is 94.8 cm³/mol. The van der Waals surface area contributed by atoms with E-state index >= 15 is 0 Å². The van der Waals surface area contributed by atoms with Crippen LogP contribution in [0.1, 0.15) is 10.4 Å². The monoisotopic (exact) mass is 343 g/mol. The molecule has 3 rings (SSSR count). The topological polar surface area (TPSA) is 72.9 Å². The number of methoxy groups -OCH3 is 2. The van der Waals surface area contributed by atoms with Crippen molar-refractivity contribution in [2.75, 3.05) is 50.7 Å². The second kappa shape index (κ2) is 7.85. The molecule has 1 fully saturated rings. The Morgan fingerprint density at radius 1 is 1.16 bits per heavy atom. The van der Waals surface area contributed by atoms with E-state index in [0.29, 0.717) is 36.0 Å². The molecule has 7 nitrogen and oxygen atoms in total. The number of rotatable bonds is 5. The average molecular weight is 343 g/mol. The summed E-state index contributed by atoms with van der Waals surface area (Å²) in [5.74, 6) is 1.60. The largest absolute Gasteiger partial charge is 0.493 e. The quantitative estimate of drug-likeness (QED) is 0.897. The molecule has 0 aliphatic carbocycles. The van der Waals surface area contributed by atoms with Crippen LogP contribution in [0.5, 0.6) is 11.5 Å². The molecule has 0 radical (unpaired) electrons. The smallest absolute Gasteiger partial charge is 0.255 e. The number of benzene rings is 1. The first-order chi connectivity index (χ1) is 12.2. The number of nitrogens with zero attached hydrogens (tertiary/aromatic N) is 2. The minimum absolute atomic E-state index is 0.233. The van der Waals surface area contributed by atoms with Crippen LogP contribution >= 0.6 is 0 Å². The Kier molecular flexibility index (Phi) is 5.35. The van der Waals surface area contributed by atoms with Gasteiger partial charge in [0.1, 0.15) is 0 Å². The summed E-state index contributed by atoms with van der Waals surface area (Å²) in [5, 5.41) is 2.93. The van der Waals surface area contributed by atoms with Crippen LogP contribution < -0.4 is 19.7 Å². The molecule has 0 bridgehead atoms. The SMILES string of the molecule is COc1ccc(C(=O)Nc2cccnc2N2CCOCC2)cc1OC. The molecular formula is C18H21N3O4. The molecule has 2 aromatic rings. The number of pyridine rings is 1.